The van der Waals surface area contributed by atoms with Crippen molar-refractivity contribution in [2.45, 2.75) is 19.3 Å². The molecule has 1 amide bonds. The average molecular weight is 328 g/mol. The van der Waals surface area contributed by atoms with E-state index in [1.165, 1.54) is 11.3 Å². The fraction of sp³-hybridized carbons (Fsp3) is 0.643. The summed E-state index contributed by atoms with van der Waals surface area (Å²) in [6.07, 6.45) is 2.78. The first kappa shape index (κ1) is 15.0. The Morgan fingerprint density at radius 3 is 2.71 bits per heavy atom. The minimum absolute atomic E-state index is 0.0199. The van der Waals surface area contributed by atoms with Gasteiger partial charge >= 0.3 is 0 Å². The third-order valence-corrected chi connectivity index (χ3v) is 6.91. The van der Waals surface area contributed by atoms with E-state index in [9.17, 15) is 13.2 Å². The lowest BCUT2D eigenvalue weighted by Gasteiger charge is -2.21. The van der Waals surface area contributed by atoms with Crippen LogP contribution in [0.3, 0.4) is 0 Å². The molecule has 21 heavy (non-hydrogen) atoms. The van der Waals surface area contributed by atoms with E-state index < -0.39 is 10.0 Å². The molecule has 2 heterocycles. The molecule has 1 aliphatic heterocycles. The maximum atomic E-state index is 12.3. The molecule has 3 rings (SSSR count). The summed E-state index contributed by atoms with van der Waals surface area (Å²) in [5, 5.41) is 1.89. The van der Waals surface area contributed by atoms with Gasteiger partial charge in [0.1, 0.15) is 0 Å². The Kier molecular flexibility index (Phi) is 4.33. The minimum atomic E-state index is -3.15. The fourth-order valence-corrected chi connectivity index (χ4v) is 5.22. The molecule has 1 saturated carbocycles. The summed E-state index contributed by atoms with van der Waals surface area (Å²) in [6, 6.07) is 3.68. The van der Waals surface area contributed by atoms with Crippen LogP contribution in [-0.2, 0) is 10.0 Å². The van der Waals surface area contributed by atoms with Gasteiger partial charge < -0.3 is 4.90 Å². The molecule has 0 atom stereocenters. The highest BCUT2D eigenvalue weighted by atomic mass is 32.2. The van der Waals surface area contributed by atoms with Crippen LogP contribution < -0.4 is 0 Å². The van der Waals surface area contributed by atoms with Gasteiger partial charge in [-0.25, -0.2) is 12.7 Å². The Bertz CT molecular complexity index is 594. The zero-order valence-electron chi connectivity index (χ0n) is 11.9. The summed E-state index contributed by atoms with van der Waals surface area (Å²) >= 11 is 1.43. The molecule has 0 N–H and O–H groups in total. The first-order valence-corrected chi connectivity index (χ1v) is 9.86. The monoisotopic (exact) mass is 328 g/mol. The summed E-state index contributed by atoms with van der Waals surface area (Å²) in [7, 11) is -3.15. The molecule has 0 bridgehead atoms. The molecule has 116 valence electrons. The molecule has 2 aliphatic rings. The van der Waals surface area contributed by atoms with E-state index in [-0.39, 0.29) is 11.7 Å². The lowest BCUT2D eigenvalue weighted by atomic mass is 10.3. The predicted octanol–water partition coefficient (Wildman–Crippen LogP) is 1.64. The van der Waals surface area contributed by atoms with Crippen LogP contribution in [0.5, 0.6) is 0 Å². The van der Waals surface area contributed by atoms with Crippen molar-refractivity contribution in [3.63, 3.8) is 0 Å². The van der Waals surface area contributed by atoms with Gasteiger partial charge in [-0.2, -0.15) is 0 Å². The van der Waals surface area contributed by atoms with E-state index in [4.69, 9.17) is 0 Å². The van der Waals surface area contributed by atoms with Gasteiger partial charge in [-0.3, -0.25) is 4.79 Å². The van der Waals surface area contributed by atoms with Crippen molar-refractivity contribution >= 4 is 27.3 Å². The van der Waals surface area contributed by atoms with Crippen LogP contribution in [0, 0.1) is 5.92 Å². The second-order valence-corrected chi connectivity index (χ2v) is 8.71. The third kappa shape index (κ3) is 3.64. The molecule has 2 fully saturated rings. The molecule has 0 spiro atoms. The summed E-state index contributed by atoms with van der Waals surface area (Å²) in [5.41, 5.74) is 0. The smallest absolute Gasteiger partial charge is 0.263 e. The first-order valence-electron chi connectivity index (χ1n) is 7.37. The normalized spacial score (nSPS) is 21.2. The van der Waals surface area contributed by atoms with Crippen LogP contribution in [0.15, 0.2) is 17.5 Å². The van der Waals surface area contributed by atoms with Gasteiger partial charge in [0, 0.05) is 26.2 Å². The van der Waals surface area contributed by atoms with Crippen LogP contribution >= 0.6 is 11.3 Å². The van der Waals surface area contributed by atoms with Gasteiger partial charge in [0.05, 0.1) is 10.6 Å². The zero-order chi connectivity index (χ0) is 14.9. The molecule has 0 radical (unpaired) electrons. The molecule has 1 aromatic heterocycles. The Morgan fingerprint density at radius 1 is 1.24 bits per heavy atom. The number of sulfonamides is 1. The first-order chi connectivity index (χ1) is 10.1. The number of carbonyl (C=O) groups excluding carboxylic acids is 1. The van der Waals surface area contributed by atoms with Gasteiger partial charge in [-0.15, -0.1) is 11.3 Å². The summed E-state index contributed by atoms with van der Waals surface area (Å²) < 4.78 is 26.2. The SMILES string of the molecule is O=C(c1cccs1)N1CCCN(S(=O)(=O)CC2CC2)CC1. The molecule has 1 saturated heterocycles. The van der Waals surface area contributed by atoms with Crippen molar-refractivity contribution in [1.82, 2.24) is 9.21 Å². The van der Waals surface area contributed by atoms with Gasteiger partial charge in [0.15, 0.2) is 0 Å². The summed E-state index contributed by atoms with van der Waals surface area (Å²) in [4.78, 5) is 14.8. The van der Waals surface area contributed by atoms with E-state index in [1.807, 2.05) is 17.5 Å². The largest absolute Gasteiger partial charge is 0.337 e. The van der Waals surface area contributed by atoms with Crippen LogP contribution in [0.1, 0.15) is 28.9 Å². The number of rotatable bonds is 4. The highest BCUT2D eigenvalue weighted by Gasteiger charge is 2.33. The lowest BCUT2D eigenvalue weighted by Crippen LogP contribution is -2.38. The number of amides is 1. The zero-order valence-corrected chi connectivity index (χ0v) is 13.5. The number of thiophene rings is 1. The minimum Gasteiger partial charge on any atom is -0.337 e. The maximum absolute atomic E-state index is 12.3. The summed E-state index contributed by atoms with van der Waals surface area (Å²) in [6.45, 7) is 2.07. The molecular formula is C14H20N2O3S2. The molecule has 0 aromatic carbocycles. The van der Waals surface area contributed by atoms with Crippen molar-refractivity contribution < 1.29 is 13.2 Å². The van der Waals surface area contributed by atoms with E-state index >= 15 is 0 Å². The van der Waals surface area contributed by atoms with Gasteiger partial charge in [-0.1, -0.05) is 6.07 Å². The Labute approximate surface area is 129 Å². The van der Waals surface area contributed by atoms with Crippen molar-refractivity contribution in [2.24, 2.45) is 5.92 Å². The molecule has 1 aliphatic carbocycles. The highest BCUT2D eigenvalue weighted by Crippen LogP contribution is 2.31. The van der Waals surface area contributed by atoms with Crippen molar-refractivity contribution in [3.05, 3.63) is 22.4 Å². The molecule has 1 aromatic rings. The molecular weight excluding hydrogens is 308 g/mol. The maximum Gasteiger partial charge on any atom is 0.263 e. The number of hydrogen-bond acceptors (Lipinski definition) is 4. The van der Waals surface area contributed by atoms with Gasteiger partial charge in [0.2, 0.25) is 10.0 Å². The van der Waals surface area contributed by atoms with E-state index in [1.54, 1.807) is 9.21 Å². The number of nitrogens with zero attached hydrogens (tertiary/aromatic N) is 2. The molecule has 7 heteroatoms. The topological polar surface area (TPSA) is 57.7 Å². The molecule has 5 nitrogen and oxygen atoms in total. The van der Waals surface area contributed by atoms with E-state index in [2.05, 4.69) is 0 Å². The van der Waals surface area contributed by atoms with Gasteiger partial charge in [-0.05, 0) is 36.6 Å². The second kappa shape index (κ2) is 6.06. The van der Waals surface area contributed by atoms with Gasteiger partial charge in [0.25, 0.3) is 5.91 Å². The standard InChI is InChI=1S/C14H20N2O3S2/c17-14(13-3-1-10-20-13)15-6-2-7-16(9-8-15)21(18,19)11-12-4-5-12/h1,3,10,12H,2,4-9,11H2. The highest BCUT2D eigenvalue weighted by molar-refractivity contribution is 7.89. The van der Waals surface area contributed by atoms with Crippen LogP contribution in [0.2, 0.25) is 0 Å². The van der Waals surface area contributed by atoms with Crippen LogP contribution in [-0.4, -0.2) is 55.5 Å². The van der Waals surface area contributed by atoms with Crippen molar-refractivity contribution in [3.8, 4) is 0 Å². The molecule has 0 unspecified atom stereocenters. The number of carbonyl (C=O) groups is 1. The number of hydrogen-bond donors (Lipinski definition) is 0. The van der Waals surface area contributed by atoms with Crippen molar-refractivity contribution in [1.29, 1.82) is 0 Å². The van der Waals surface area contributed by atoms with Crippen LogP contribution in [0.25, 0.3) is 0 Å². The van der Waals surface area contributed by atoms with E-state index in [0.29, 0.717) is 38.5 Å². The Morgan fingerprint density at radius 2 is 2.05 bits per heavy atom. The van der Waals surface area contributed by atoms with Crippen molar-refractivity contribution in [2.75, 3.05) is 31.9 Å². The Hall–Kier alpha value is -0.920. The van der Waals surface area contributed by atoms with E-state index in [0.717, 1.165) is 17.7 Å². The Balaban J connectivity index is 1.62. The average Bonchev–Trinajstić information content (AvgIpc) is 3.14. The fourth-order valence-electron chi connectivity index (χ4n) is 2.62. The van der Waals surface area contributed by atoms with Crippen LogP contribution in [0.4, 0.5) is 0 Å². The quantitative estimate of drug-likeness (QED) is 0.844. The lowest BCUT2D eigenvalue weighted by molar-refractivity contribution is 0.0769. The summed E-state index contributed by atoms with van der Waals surface area (Å²) in [5.74, 6) is 0.667. The predicted molar refractivity (Wildman–Crippen MR) is 82.9 cm³/mol. The second-order valence-electron chi connectivity index (χ2n) is 5.74. The third-order valence-electron chi connectivity index (χ3n) is 4.01.